The third-order valence-electron chi connectivity index (χ3n) is 3.23. The van der Waals surface area contributed by atoms with Crippen LogP contribution in [-0.4, -0.2) is 22.4 Å². The van der Waals surface area contributed by atoms with E-state index in [-0.39, 0.29) is 5.88 Å². The van der Waals surface area contributed by atoms with Crippen LogP contribution >= 0.6 is 0 Å². The van der Waals surface area contributed by atoms with Gasteiger partial charge in [0.1, 0.15) is 0 Å². The summed E-state index contributed by atoms with van der Waals surface area (Å²) < 4.78 is 1.79. The smallest absolute Gasteiger partial charge is 0.200 e. The molecular weight excluding hydrogens is 224 g/mol. The summed E-state index contributed by atoms with van der Waals surface area (Å²) in [6.07, 6.45) is 5.32. The van der Waals surface area contributed by atoms with Gasteiger partial charge in [-0.15, -0.1) is 0 Å². The first-order valence-electron chi connectivity index (χ1n) is 6.52. The Morgan fingerprint density at radius 1 is 1.28 bits per heavy atom. The normalized spacial score (nSPS) is 11.7. The first kappa shape index (κ1) is 12.7. The van der Waals surface area contributed by atoms with Crippen LogP contribution in [0.2, 0.25) is 0 Å². The number of nitrogens with zero attached hydrogens (tertiary/aromatic N) is 2. The van der Waals surface area contributed by atoms with E-state index in [0.717, 1.165) is 29.4 Å². The van der Waals surface area contributed by atoms with Gasteiger partial charge in [0.25, 0.3) is 0 Å². The van der Waals surface area contributed by atoms with Crippen LogP contribution in [0, 0.1) is 0 Å². The van der Waals surface area contributed by atoms with Crippen molar-refractivity contribution in [1.29, 1.82) is 0 Å². The molecule has 0 fully saturated rings. The predicted molar refractivity (Wildman–Crippen MR) is 76.6 cm³/mol. The largest absolute Gasteiger partial charge is 0.494 e. The van der Waals surface area contributed by atoms with Crippen molar-refractivity contribution in [3.05, 3.63) is 29.8 Å². The number of hydrogen-bond acceptors (Lipinski definition) is 2. The van der Waals surface area contributed by atoms with Crippen molar-refractivity contribution >= 4 is 17.1 Å². The van der Waals surface area contributed by atoms with Gasteiger partial charge in [-0.1, -0.05) is 38.0 Å². The average molecular weight is 244 g/mol. The Kier molecular flexibility index (Phi) is 4.03. The molecule has 1 heterocycles. The second-order valence-electron chi connectivity index (χ2n) is 4.56. The van der Waals surface area contributed by atoms with Crippen LogP contribution in [0.15, 0.2) is 29.3 Å². The number of para-hydroxylation sites is 1. The molecule has 0 amide bonds. The fourth-order valence-electron chi connectivity index (χ4n) is 2.15. The molecule has 0 spiro atoms. The third kappa shape index (κ3) is 2.40. The van der Waals surface area contributed by atoms with Gasteiger partial charge in [-0.25, -0.2) is 0 Å². The number of benzene rings is 1. The molecule has 2 rings (SSSR count). The number of unbranched alkanes of at least 4 members (excludes halogenated alkanes) is 2. The maximum absolute atomic E-state index is 10.1. The van der Waals surface area contributed by atoms with Crippen LogP contribution in [0.5, 0.6) is 5.88 Å². The van der Waals surface area contributed by atoms with E-state index in [1.165, 1.54) is 12.8 Å². The molecule has 96 valence electrons. The minimum Gasteiger partial charge on any atom is -0.494 e. The van der Waals surface area contributed by atoms with Gasteiger partial charge >= 0.3 is 0 Å². The Labute approximate surface area is 108 Å². The quantitative estimate of drug-likeness (QED) is 0.634. The van der Waals surface area contributed by atoms with Gasteiger partial charge < -0.3 is 9.67 Å². The van der Waals surface area contributed by atoms with Crippen LogP contribution < -0.4 is 0 Å². The molecule has 1 aromatic carbocycles. The van der Waals surface area contributed by atoms with Crippen LogP contribution in [0.1, 0.15) is 31.7 Å². The summed E-state index contributed by atoms with van der Waals surface area (Å²) in [5.41, 5.74) is 1.86. The minimum absolute atomic E-state index is 0.287. The SMILES string of the molecule is CCCCCN=Cc1c(O)n(C)c2ccccc12. The van der Waals surface area contributed by atoms with Crippen LogP contribution in [-0.2, 0) is 7.05 Å². The van der Waals surface area contributed by atoms with Crippen LogP contribution in [0.4, 0.5) is 0 Å². The molecule has 0 saturated carbocycles. The minimum atomic E-state index is 0.287. The summed E-state index contributed by atoms with van der Waals surface area (Å²) in [6, 6.07) is 7.98. The summed E-state index contributed by atoms with van der Waals surface area (Å²) in [6.45, 7) is 3.01. The van der Waals surface area contributed by atoms with Crippen molar-refractivity contribution in [2.24, 2.45) is 12.0 Å². The lowest BCUT2D eigenvalue weighted by Gasteiger charge is -1.96. The Bertz CT molecular complexity index is 555. The number of fused-ring (bicyclic) bond motifs is 1. The van der Waals surface area contributed by atoms with Crippen molar-refractivity contribution in [3.8, 4) is 5.88 Å². The highest BCUT2D eigenvalue weighted by Gasteiger charge is 2.11. The van der Waals surface area contributed by atoms with E-state index < -0.39 is 0 Å². The molecule has 3 heteroatoms. The highest BCUT2D eigenvalue weighted by atomic mass is 16.3. The Morgan fingerprint density at radius 3 is 2.83 bits per heavy atom. The summed E-state index contributed by atoms with van der Waals surface area (Å²) in [5, 5.41) is 11.1. The van der Waals surface area contributed by atoms with Gasteiger partial charge in [0.2, 0.25) is 5.88 Å². The highest BCUT2D eigenvalue weighted by molar-refractivity contribution is 6.02. The fraction of sp³-hybridized carbons (Fsp3) is 0.400. The van der Waals surface area contributed by atoms with Crippen molar-refractivity contribution in [2.45, 2.75) is 26.2 Å². The molecule has 1 N–H and O–H groups in total. The first-order valence-corrected chi connectivity index (χ1v) is 6.52. The van der Waals surface area contributed by atoms with Gasteiger partial charge in [-0.2, -0.15) is 0 Å². The maximum Gasteiger partial charge on any atom is 0.200 e. The molecule has 0 aliphatic rings. The number of aryl methyl sites for hydroxylation is 1. The van der Waals surface area contributed by atoms with Crippen molar-refractivity contribution in [2.75, 3.05) is 6.54 Å². The second-order valence-corrected chi connectivity index (χ2v) is 4.56. The molecule has 0 saturated heterocycles. The molecular formula is C15H20N2O. The number of aromatic hydroxyl groups is 1. The third-order valence-corrected chi connectivity index (χ3v) is 3.23. The Balaban J connectivity index is 2.25. The number of aromatic nitrogens is 1. The van der Waals surface area contributed by atoms with E-state index in [1.807, 2.05) is 31.3 Å². The van der Waals surface area contributed by atoms with E-state index >= 15 is 0 Å². The van der Waals surface area contributed by atoms with Gasteiger partial charge in [-0.05, 0) is 12.5 Å². The molecule has 0 bridgehead atoms. The molecule has 1 aromatic heterocycles. The van der Waals surface area contributed by atoms with Crippen LogP contribution in [0.25, 0.3) is 10.9 Å². The molecule has 0 atom stereocenters. The summed E-state index contributed by atoms with van der Waals surface area (Å²) in [5.74, 6) is 0.287. The molecule has 0 unspecified atom stereocenters. The summed E-state index contributed by atoms with van der Waals surface area (Å²) in [4.78, 5) is 4.41. The van der Waals surface area contributed by atoms with Gasteiger partial charge in [-0.3, -0.25) is 4.99 Å². The fourth-order valence-corrected chi connectivity index (χ4v) is 2.15. The Morgan fingerprint density at radius 2 is 2.06 bits per heavy atom. The van der Waals surface area contributed by atoms with Gasteiger partial charge in [0, 0.05) is 25.2 Å². The lowest BCUT2D eigenvalue weighted by atomic mass is 10.2. The molecule has 0 radical (unpaired) electrons. The van der Waals surface area contributed by atoms with Crippen molar-refractivity contribution in [3.63, 3.8) is 0 Å². The standard InChI is InChI=1S/C15H20N2O/c1-3-4-7-10-16-11-13-12-8-5-6-9-14(12)17(2)15(13)18/h5-6,8-9,11,18H,3-4,7,10H2,1-2H3. The first-order chi connectivity index (χ1) is 8.75. The maximum atomic E-state index is 10.1. The zero-order valence-corrected chi connectivity index (χ0v) is 11.1. The van der Waals surface area contributed by atoms with E-state index in [4.69, 9.17) is 0 Å². The number of aliphatic imine (C=N–C) groups is 1. The number of rotatable bonds is 5. The topological polar surface area (TPSA) is 37.5 Å². The van der Waals surface area contributed by atoms with E-state index in [2.05, 4.69) is 11.9 Å². The summed E-state index contributed by atoms with van der Waals surface area (Å²) in [7, 11) is 1.87. The van der Waals surface area contributed by atoms with Crippen LogP contribution in [0.3, 0.4) is 0 Å². The average Bonchev–Trinajstić information content (AvgIpc) is 2.64. The van der Waals surface area contributed by atoms with Crippen molar-refractivity contribution < 1.29 is 5.11 Å². The van der Waals surface area contributed by atoms with E-state index in [0.29, 0.717) is 0 Å². The molecule has 2 aromatic rings. The highest BCUT2D eigenvalue weighted by Crippen LogP contribution is 2.28. The zero-order chi connectivity index (χ0) is 13.0. The second kappa shape index (κ2) is 5.71. The molecule has 3 nitrogen and oxygen atoms in total. The lowest BCUT2D eigenvalue weighted by Crippen LogP contribution is -1.87. The Hall–Kier alpha value is -1.77. The number of hydrogen-bond donors (Lipinski definition) is 1. The van der Waals surface area contributed by atoms with Crippen molar-refractivity contribution in [1.82, 2.24) is 4.57 Å². The monoisotopic (exact) mass is 244 g/mol. The van der Waals surface area contributed by atoms with E-state index in [9.17, 15) is 5.11 Å². The van der Waals surface area contributed by atoms with Gasteiger partial charge in [0.15, 0.2) is 0 Å². The molecule has 0 aliphatic heterocycles. The molecule has 18 heavy (non-hydrogen) atoms. The zero-order valence-electron chi connectivity index (χ0n) is 11.1. The van der Waals surface area contributed by atoms with Gasteiger partial charge in [0.05, 0.1) is 11.1 Å². The van der Waals surface area contributed by atoms with E-state index in [1.54, 1.807) is 10.8 Å². The predicted octanol–water partition coefficient (Wildman–Crippen LogP) is 3.49. The lowest BCUT2D eigenvalue weighted by molar-refractivity contribution is 0.434. The summed E-state index contributed by atoms with van der Waals surface area (Å²) >= 11 is 0. The molecule has 0 aliphatic carbocycles.